The van der Waals surface area contributed by atoms with Gasteiger partial charge in [-0.3, -0.25) is 4.79 Å². The Morgan fingerprint density at radius 3 is 2.43 bits per heavy atom. The lowest BCUT2D eigenvalue weighted by atomic mass is 9.91. The smallest absolute Gasteiger partial charge is 0.220 e. The lowest BCUT2D eigenvalue weighted by molar-refractivity contribution is -0.121. The van der Waals surface area contributed by atoms with Crippen LogP contribution in [-0.2, 0) is 11.2 Å². The molecule has 120 valence electrons. The summed E-state index contributed by atoms with van der Waals surface area (Å²) in [6.45, 7) is 0.594. The van der Waals surface area contributed by atoms with E-state index in [9.17, 15) is 9.18 Å². The molecule has 1 aliphatic carbocycles. The molecular weight excluding hydrogens is 289 g/mol. The van der Waals surface area contributed by atoms with E-state index in [4.69, 9.17) is 0 Å². The van der Waals surface area contributed by atoms with Crippen LogP contribution in [0.25, 0.3) is 0 Å². The summed E-state index contributed by atoms with van der Waals surface area (Å²) in [6.07, 6.45) is 3.73. The van der Waals surface area contributed by atoms with Gasteiger partial charge >= 0.3 is 0 Å². The molecule has 3 rings (SSSR count). The van der Waals surface area contributed by atoms with Crippen LogP contribution in [0.3, 0.4) is 0 Å². The average molecular weight is 311 g/mol. The Kier molecular flexibility index (Phi) is 5.06. The van der Waals surface area contributed by atoms with Gasteiger partial charge in [0.25, 0.3) is 0 Å². The van der Waals surface area contributed by atoms with E-state index in [-0.39, 0.29) is 11.7 Å². The number of hydrogen-bond acceptors (Lipinski definition) is 1. The monoisotopic (exact) mass is 311 g/mol. The number of carbonyl (C=O) groups excluding carboxylic acids is 1. The van der Waals surface area contributed by atoms with Gasteiger partial charge in [-0.05, 0) is 54.4 Å². The van der Waals surface area contributed by atoms with E-state index in [0.29, 0.717) is 24.8 Å². The van der Waals surface area contributed by atoms with E-state index in [1.807, 2.05) is 18.2 Å². The van der Waals surface area contributed by atoms with Crippen molar-refractivity contribution in [1.82, 2.24) is 5.32 Å². The van der Waals surface area contributed by atoms with Crippen LogP contribution in [0.4, 0.5) is 4.39 Å². The average Bonchev–Trinajstić information content (AvgIpc) is 3.40. The maximum absolute atomic E-state index is 12.9. The molecule has 1 atom stereocenters. The fourth-order valence-corrected chi connectivity index (χ4v) is 3.02. The van der Waals surface area contributed by atoms with Crippen LogP contribution in [-0.4, -0.2) is 12.5 Å². The molecule has 2 aromatic carbocycles. The molecule has 0 aliphatic heterocycles. The van der Waals surface area contributed by atoms with E-state index in [1.54, 1.807) is 12.1 Å². The maximum Gasteiger partial charge on any atom is 0.220 e. The van der Waals surface area contributed by atoms with Crippen molar-refractivity contribution < 1.29 is 9.18 Å². The van der Waals surface area contributed by atoms with Gasteiger partial charge in [0, 0.05) is 13.0 Å². The molecule has 0 radical (unpaired) electrons. The molecule has 1 N–H and O–H groups in total. The molecule has 1 fully saturated rings. The van der Waals surface area contributed by atoms with Crippen LogP contribution < -0.4 is 5.32 Å². The highest BCUT2D eigenvalue weighted by atomic mass is 19.1. The van der Waals surface area contributed by atoms with E-state index in [1.165, 1.54) is 30.5 Å². The minimum atomic E-state index is -0.229. The molecule has 0 saturated heterocycles. The van der Waals surface area contributed by atoms with Gasteiger partial charge < -0.3 is 5.32 Å². The minimum Gasteiger partial charge on any atom is -0.356 e. The summed E-state index contributed by atoms with van der Waals surface area (Å²) >= 11 is 0. The van der Waals surface area contributed by atoms with Crippen LogP contribution in [0, 0.1) is 11.7 Å². The largest absolute Gasteiger partial charge is 0.356 e. The molecule has 0 heterocycles. The number of halogens is 1. The zero-order chi connectivity index (χ0) is 16.1. The first kappa shape index (κ1) is 15.7. The van der Waals surface area contributed by atoms with Gasteiger partial charge in [0.05, 0.1) is 0 Å². The molecule has 0 aromatic heterocycles. The predicted octanol–water partition coefficient (Wildman–Crippen LogP) is 4.07. The minimum absolute atomic E-state index is 0.105. The summed E-state index contributed by atoms with van der Waals surface area (Å²) in [6, 6.07) is 16.8. The molecule has 1 unspecified atom stereocenters. The predicted molar refractivity (Wildman–Crippen MR) is 89.6 cm³/mol. The van der Waals surface area contributed by atoms with E-state index >= 15 is 0 Å². The van der Waals surface area contributed by atoms with Crippen molar-refractivity contribution in [3.63, 3.8) is 0 Å². The highest BCUT2D eigenvalue weighted by Gasteiger charge is 2.33. The summed E-state index contributed by atoms with van der Waals surface area (Å²) in [5.74, 6) is 0.864. The van der Waals surface area contributed by atoms with Crippen LogP contribution >= 0.6 is 0 Å². The normalized spacial score (nSPS) is 15.2. The molecule has 1 amide bonds. The van der Waals surface area contributed by atoms with Crippen molar-refractivity contribution in [3.05, 3.63) is 71.5 Å². The summed E-state index contributed by atoms with van der Waals surface area (Å²) in [7, 11) is 0. The standard InChI is InChI=1S/C20H22FNO/c21-18-10-6-15(7-11-18)12-13-22-20(23)14-19(17-8-9-17)16-4-2-1-3-5-16/h1-7,10-11,17,19H,8-9,12-14H2,(H,22,23). The third-order valence-electron chi connectivity index (χ3n) is 4.47. The van der Waals surface area contributed by atoms with Crippen molar-refractivity contribution in [2.24, 2.45) is 5.92 Å². The molecule has 0 bridgehead atoms. The lowest BCUT2D eigenvalue weighted by Gasteiger charge is -2.16. The van der Waals surface area contributed by atoms with Crippen molar-refractivity contribution in [3.8, 4) is 0 Å². The van der Waals surface area contributed by atoms with Crippen molar-refractivity contribution in [1.29, 1.82) is 0 Å². The zero-order valence-corrected chi connectivity index (χ0v) is 13.2. The van der Waals surface area contributed by atoms with Gasteiger partial charge in [-0.15, -0.1) is 0 Å². The number of rotatable bonds is 7. The van der Waals surface area contributed by atoms with Crippen LogP contribution in [0.2, 0.25) is 0 Å². The SMILES string of the molecule is O=C(CC(c1ccccc1)C1CC1)NCCc1ccc(F)cc1. The quantitative estimate of drug-likeness (QED) is 0.820. The molecule has 23 heavy (non-hydrogen) atoms. The van der Waals surface area contributed by atoms with E-state index in [0.717, 1.165) is 12.0 Å². The summed E-state index contributed by atoms with van der Waals surface area (Å²) < 4.78 is 12.9. The molecule has 1 saturated carbocycles. The third-order valence-corrected chi connectivity index (χ3v) is 4.47. The number of nitrogens with one attached hydrogen (secondary N) is 1. The summed E-state index contributed by atoms with van der Waals surface area (Å²) in [5, 5.41) is 3.00. The number of benzene rings is 2. The third kappa shape index (κ3) is 4.65. The Balaban J connectivity index is 1.49. The summed E-state index contributed by atoms with van der Waals surface area (Å²) in [5.41, 5.74) is 2.30. The van der Waals surface area contributed by atoms with Crippen LogP contribution in [0.5, 0.6) is 0 Å². The Morgan fingerprint density at radius 1 is 1.09 bits per heavy atom. The van der Waals surface area contributed by atoms with Gasteiger partial charge in [0.1, 0.15) is 5.82 Å². The molecular formula is C20H22FNO. The van der Waals surface area contributed by atoms with E-state index < -0.39 is 0 Å². The Hall–Kier alpha value is -2.16. The second-order valence-corrected chi connectivity index (χ2v) is 6.29. The highest BCUT2D eigenvalue weighted by Crippen LogP contribution is 2.44. The van der Waals surface area contributed by atoms with Gasteiger partial charge in [-0.1, -0.05) is 42.5 Å². The second-order valence-electron chi connectivity index (χ2n) is 6.29. The fraction of sp³-hybridized carbons (Fsp3) is 0.350. The number of hydrogen-bond donors (Lipinski definition) is 1. The molecule has 2 aromatic rings. The highest BCUT2D eigenvalue weighted by molar-refractivity contribution is 5.77. The van der Waals surface area contributed by atoms with Gasteiger partial charge in [0.15, 0.2) is 0 Å². The Morgan fingerprint density at radius 2 is 1.78 bits per heavy atom. The van der Waals surface area contributed by atoms with Gasteiger partial charge in [-0.2, -0.15) is 0 Å². The number of amides is 1. The van der Waals surface area contributed by atoms with Crippen molar-refractivity contribution in [2.75, 3.05) is 6.54 Å². The van der Waals surface area contributed by atoms with Crippen LogP contribution in [0.15, 0.2) is 54.6 Å². The van der Waals surface area contributed by atoms with Crippen molar-refractivity contribution in [2.45, 2.75) is 31.6 Å². The first-order valence-electron chi connectivity index (χ1n) is 8.28. The second kappa shape index (κ2) is 7.40. The van der Waals surface area contributed by atoms with Crippen molar-refractivity contribution >= 4 is 5.91 Å². The first-order chi connectivity index (χ1) is 11.2. The summed E-state index contributed by atoms with van der Waals surface area (Å²) in [4.78, 5) is 12.2. The number of carbonyl (C=O) groups is 1. The Bertz CT molecular complexity index is 634. The molecule has 1 aliphatic rings. The molecule has 0 spiro atoms. The fourth-order valence-electron chi connectivity index (χ4n) is 3.02. The first-order valence-corrected chi connectivity index (χ1v) is 8.28. The van der Waals surface area contributed by atoms with Gasteiger partial charge in [0.2, 0.25) is 5.91 Å². The zero-order valence-electron chi connectivity index (χ0n) is 13.2. The molecule has 3 heteroatoms. The maximum atomic E-state index is 12.9. The topological polar surface area (TPSA) is 29.1 Å². The lowest BCUT2D eigenvalue weighted by Crippen LogP contribution is -2.27. The molecule has 2 nitrogen and oxygen atoms in total. The Labute approximate surface area is 136 Å². The van der Waals surface area contributed by atoms with Crippen LogP contribution in [0.1, 0.15) is 36.3 Å². The van der Waals surface area contributed by atoms with Gasteiger partial charge in [-0.25, -0.2) is 4.39 Å². The van der Waals surface area contributed by atoms with E-state index in [2.05, 4.69) is 17.4 Å².